The van der Waals surface area contributed by atoms with Gasteiger partial charge in [-0.05, 0) is 6.92 Å². The molecule has 2 nitrogen and oxygen atoms in total. The van der Waals surface area contributed by atoms with E-state index in [1.807, 2.05) is 6.92 Å². The summed E-state index contributed by atoms with van der Waals surface area (Å²) in [5, 5.41) is 0.673. The Balaban J connectivity index is 3.28. The third kappa shape index (κ3) is 4.48. The van der Waals surface area contributed by atoms with Crippen LogP contribution in [0, 0.1) is 0 Å². The van der Waals surface area contributed by atoms with Crippen LogP contribution in [0.5, 0.6) is 0 Å². The second-order valence-electron chi connectivity index (χ2n) is 1.34. The first-order valence-electron chi connectivity index (χ1n) is 2.79. The molecular formula is C6H11BrO2. The zero-order chi connectivity index (χ0) is 7.11. The van der Waals surface area contributed by atoms with Gasteiger partial charge in [-0.25, -0.2) is 0 Å². The molecule has 0 aromatic heterocycles. The van der Waals surface area contributed by atoms with Crippen molar-refractivity contribution in [1.82, 2.24) is 0 Å². The van der Waals surface area contributed by atoms with Crippen molar-refractivity contribution in [2.75, 3.05) is 11.9 Å². The van der Waals surface area contributed by atoms with E-state index < -0.39 is 0 Å². The van der Waals surface area contributed by atoms with Crippen molar-refractivity contribution >= 4 is 15.9 Å². The lowest BCUT2D eigenvalue weighted by Crippen LogP contribution is -2.15. The molecule has 0 saturated heterocycles. The molecular weight excluding hydrogens is 184 g/mol. The van der Waals surface area contributed by atoms with Crippen LogP contribution in [0.2, 0.25) is 0 Å². The fourth-order valence-electron chi connectivity index (χ4n) is 0.413. The summed E-state index contributed by atoms with van der Waals surface area (Å²) in [5.41, 5.74) is 0. The van der Waals surface area contributed by atoms with Gasteiger partial charge in [0.15, 0.2) is 0 Å². The Morgan fingerprint density at radius 2 is 2.44 bits per heavy atom. The summed E-state index contributed by atoms with van der Waals surface area (Å²) < 4.78 is 10.0. The number of rotatable bonds is 5. The molecule has 0 aliphatic rings. The van der Waals surface area contributed by atoms with Gasteiger partial charge >= 0.3 is 0 Å². The molecule has 9 heavy (non-hydrogen) atoms. The van der Waals surface area contributed by atoms with Crippen LogP contribution in [0.15, 0.2) is 12.8 Å². The Morgan fingerprint density at radius 3 is 2.78 bits per heavy atom. The molecule has 0 aliphatic heterocycles. The molecule has 0 spiro atoms. The van der Waals surface area contributed by atoms with Crippen LogP contribution < -0.4 is 0 Å². The highest BCUT2D eigenvalue weighted by Gasteiger charge is 2.02. The van der Waals surface area contributed by atoms with Crippen LogP contribution in [0.4, 0.5) is 0 Å². The first-order valence-corrected chi connectivity index (χ1v) is 3.91. The fraction of sp³-hybridized carbons (Fsp3) is 0.667. The molecule has 0 saturated carbocycles. The van der Waals surface area contributed by atoms with Gasteiger partial charge < -0.3 is 9.47 Å². The highest BCUT2D eigenvalue weighted by atomic mass is 79.9. The van der Waals surface area contributed by atoms with Gasteiger partial charge in [0.1, 0.15) is 0 Å². The van der Waals surface area contributed by atoms with Crippen LogP contribution in [0.1, 0.15) is 6.92 Å². The van der Waals surface area contributed by atoms with Gasteiger partial charge in [0.05, 0.1) is 11.6 Å². The summed E-state index contributed by atoms with van der Waals surface area (Å²) in [6.45, 7) is 5.98. The first-order chi connectivity index (χ1) is 4.35. The van der Waals surface area contributed by atoms with Crippen molar-refractivity contribution in [2.45, 2.75) is 13.2 Å². The molecule has 1 atom stereocenters. The minimum absolute atomic E-state index is 0.188. The molecule has 0 amide bonds. The van der Waals surface area contributed by atoms with Crippen molar-refractivity contribution in [3.8, 4) is 0 Å². The number of alkyl halides is 1. The Hall–Kier alpha value is -0.0200. The number of halogens is 1. The maximum atomic E-state index is 5.09. The molecule has 0 heterocycles. The molecule has 1 unspecified atom stereocenters. The summed E-state index contributed by atoms with van der Waals surface area (Å²) in [5.74, 6) is 0. The highest BCUT2D eigenvalue weighted by molar-refractivity contribution is 9.09. The molecule has 0 aromatic rings. The topological polar surface area (TPSA) is 18.5 Å². The molecule has 0 fully saturated rings. The van der Waals surface area contributed by atoms with Crippen LogP contribution in [0.25, 0.3) is 0 Å². The molecule has 0 N–H and O–H groups in total. The van der Waals surface area contributed by atoms with E-state index >= 15 is 0 Å². The van der Waals surface area contributed by atoms with Gasteiger partial charge in [-0.2, -0.15) is 0 Å². The second kappa shape index (κ2) is 6.11. The predicted octanol–water partition coefficient (Wildman–Crippen LogP) is 1.90. The summed E-state index contributed by atoms with van der Waals surface area (Å²) in [6, 6.07) is 0. The minimum Gasteiger partial charge on any atom is -0.472 e. The standard InChI is InChI=1S/C6H11BrO2/c1-3-8-6(5-7)9-4-2/h3,6H,1,4-5H2,2H3. The molecule has 0 bridgehead atoms. The van der Waals surface area contributed by atoms with E-state index in [9.17, 15) is 0 Å². The lowest BCUT2D eigenvalue weighted by atomic mass is 10.7. The quantitative estimate of drug-likeness (QED) is 0.379. The lowest BCUT2D eigenvalue weighted by Gasteiger charge is -2.11. The Morgan fingerprint density at radius 1 is 1.78 bits per heavy atom. The first kappa shape index (κ1) is 8.98. The van der Waals surface area contributed by atoms with Crippen LogP contribution in [-0.4, -0.2) is 18.2 Å². The minimum atomic E-state index is -0.188. The van der Waals surface area contributed by atoms with Crippen LogP contribution in [0.3, 0.4) is 0 Å². The summed E-state index contributed by atoms with van der Waals surface area (Å²) in [6.07, 6.45) is 1.19. The molecule has 0 rings (SSSR count). The predicted molar refractivity (Wildman–Crippen MR) is 40.5 cm³/mol. The van der Waals surface area contributed by atoms with Gasteiger partial charge in [-0.15, -0.1) is 0 Å². The average molecular weight is 195 g/mol. The number of ether oxygens (including phenoxy) is 2. The van der Waals surface area contributed by atoms with Gasteiger partial charge in [0, 0.05) is 6.61 Å². The van der Waals surface area contributed by atoms with Gasteiger partial charge in [0.2, 0.25) is 6.29 Å². The lowest BCUT2D eigenvalue weighted by molar-refractivity contribution is -0.0835. The van der Waals surface area contributed by atoms with E-state index in [1.165, 1.54) is 6.26 Å². The SMILES string of the molecule is C=COC(CBr)OCC. The van der Waals surface area contributed by atoms with Crippen molar-refractivity contribution in [2.24, 2.45) is 0 Å². The van der Waals surface area contributed by atoms with E-state index in [1.54, 1.807) is 0 Å². The van der Waals surface area contributed by atoms with Crippen molar-refractivity contribution in [3.05, 3.63) is 12.8 Å². The Kier molecular flexibility index (Phi) is 6.09. The summed E-state index contributed by atoms with van der Waals surface area (Å²) >= 11 is 3.22. The average Bonchev–Trinajstić information content (AvgIpc) is 1.88. The van der Waals surface area contributed by atoms with E-state index in [-0.39, 0.29) is 6.29 Å². The van der Waals surface area contributed by atoms with Gasteiger partial charge in [-0.1, -0.05) is 22.5 Å². The second-order valence-corrected chi connectivity index (χ2v) is 1.99. The fourth-order valence-corrected chi connectivity index (χ4v) is 0.753. The van der Waals surface area contributed by atoms with Crippen LogP contribution >= 0.6 is 15.9 Å². The molecule has 0 radical (unpaired) electrons. The molecule has 54 valence electrons. The monoisotopic (exact) mass is 194 g/mol. The van der Waals surface area contributed by atoms with Crippen LogP contribution in [-0.2, 0) is 9.47 Å². The summed E-state index contributed by atoms with van der Waals surface area (Å²) in [7, 11) is 0. The maximum absolute atomic E-state index is 5.09. The van der Waals surface area contributed by atoms with E-state index in [2.05, 4.69) is 22.5 Å². The third-order valence-corrected chi connectivity index (χ3v) is 1.26. The van der Waals surface area contributed by atoms with E-state index in [0.717, 1.165) is 0 Å². The zero-order valence-corrected chi connectivity index (χ0v) is 7.06. The number of hydrogen-bond donors (Lipinski definition) is 0. The largest absolute Gasteiger partial charge is 0.472 e. The Labute approximate surface area is 64.0 Å². The zero-order valence-electron chi connectivity index (χ0n) is 5.47. The normalized spacial score (nSPS) is 12.7. The molecule has 3 heteroatoms. The maximum Gasteiger partial charge on any atom is 0.208 e. The molecule has 0 aliphatic carbocycles. The summed E-state index contributed by atoms with van der Waals surface area (Å²) in [4.78, 5) is 0. The van der Waals surface area contributed by atoms with Gasteiger partial charge in [-0.3, -0.25) is 0 Å². The molecule has 0 aromatic carbocycles. The van der Waals surface area contributed by atoms with E-state index in [0.29, 0.717) is 11.9 Å². The number of hydrogen-bond acceptors (Lipinski definition) is 2. The smallest absolute Gasteiger partial charge is 0.208 e. The Bertz CT molecular complexity index is 75.5. The van der Waals surface area contributed by atoms with E-state index in [4.69, 9.17) is 9.47 Å². The van der Waals surface area contributed by atoms with Crippen molar-refractivity contribution in [3.63, 3.8) is 0 Å². The van der Waals surface area contributed by atoms with Gasteiger partial charge in [0.25, 0.3) is 0 Å². The van der Waals surface area contributed by atoms with Crippen molar-refractivity contribution in [1.29, 1.82) is 0 Å². The highest BCUT2D eigenvalue weighted by Crippen LogP contribution is 1.98. The third-order valence-electron chi connectivity index (χ3n) is 0.727. The van der Waals surface area contributed by atoms with Crippen molar-refractivity contribution < 1.29 is 9.47 Å².